The number of rotatable bonds is 3. The van der Waals surface area contributed by atoms with Crippen molar-refractivity contribution in [3.8, 4) is 0 Å². The first-order chi connectivity index (χ1) is 5.74. The van der Waals surface area contributed by atoms with Crippen LogP contribution in [0.4, 0.5) is 4.39 Å². The van der Waals surface area contributed by atoms with Crippen molar-refractivity contribution in [2.45, 2.75) is 17.1 Å². The number of halogens is 1. The predicted molar refractivity (Wildman–Crippen MR) is 50.8 cm³/mol. The van der Waals surface area contributed by atoms with Gasteiger partial charge in [0.1, 0.15) is 5.82 Å². The summed E-state index contributed by atoms with van der Waals surface area (Å²) in [7, 11) is 0. The molecule has 12 heavy (non-hydrogen) atoms. The van der Waals surface area contributed by atoms with Gasteiger partial charge in [-0.3, -0.25) is 0 Å². The molecule has 0 amide bonds. The largest absolute Gasteiger partial charge is 0.329 e. The molecule has 0 bridgehead atoms. The topological polar surface area (TPSA) is 26.0 Å². The van der Waals surface area contributed by atoms with Gasteiger partial charge in [-0.2, -0.15) is 0 Å². The molecule has 1 rings (SSSR count). The number of nitrogens with two attached hydrogens (primary N) is 1. The second-order valence-corrected chi connectivity index (χ2v) is 4.07. The highest BCUT2D eigenvalue weighted by Gasteiger charge is 2.05. The van der Waals surface area contributed by atoms with Crippen LogP contribution in [-0.4, -0.2) is 11.8 Å². The van der Waals surface area contributed by atoms with Crippen molar-refractivity contribution in [3.05, 3.63) is 30.1 Å². The summed E-state index contributed by atoms with van der Waals surface area (Å²) in [5.41, 5.74) is 5.43. The molecule has 66 valence electrons. The molecule has 1 atom stereocenters. The maximum absolute atomic E-state index is 13.0. The van der Waals surface area contributed by atoms with Gasteiger partial charge in [0.15, 0.2) is 0 Å². The van der Waals surface area contributed by atoms with Crippen molar-refractivity contribution in [1.82, 2.24) is 0 Å². The predicted octanol–water partition coefficient (Wildman–Crippen LogP) is 2.27. The molecule has 0 aliphatic heterocycles. The maximum Gasteiger partial charge on any atom is 0.136 e. The molecule has 0 saturated heterocycles. The van der Waals surface area contributed by atoms with Crippen molar-refractivity contribution in [2.24, 2.45) is 5.73 Å². The fourth-order valence-corrected chi connectivity index (χ4v) is 1.67. The zero-order valence-electron chi connectivity index (χ0n) is 6.96. The third kappa shape index (κ3) is 2.50. The Balaban J connectivity index is 2.69. The average molecular weight is 185 g/mol. The van der Waals surface area contributed by atoms with Gasteiger partial charge >= 0.3 is 0 Å². The molecule has 0 saturated carbocycles. The van der Waals surface area contributed by atoms with E-state index in [0.717, 1.165) is 0 Å². The summed E-state index contributed by atoms with van der Waals surface area (Å²) in [6.45, 7) is 2.55. The van der Waals surface area contributed by atoms with E-state index >= 15 is 0 Å². The fourth-order valence-electron chi connectivity index (χ4n) is 0.805. The first-order valence-electron chi connectivity index (χ1n) is 3.85. The Kier molecular flexibility index (Phi) is 3.56. The Labute approximate surface area is 76.2 Å². The van der Waals surface area contributed by atoms with Crippen molar-refractivity contribution in [2.75, 3.05) is 6.54 Å². The molecule has 0 aromatic heterocycles. The van der Waals surface area contributed by atoms with E-state index in [4.69, 9.17) is 5.73 Å². The van der Waals surface area contributed by atoms with E-state index in [-0.39, 0.29) is 11.1 Å². The molecule has 1 aromatic carbocycles. The molecule has 2 N–H and O–H groups in total. The number of thioether (sulfide) groups is 1. The van der Waals surface area contributed by atoms with E-state index in [1.54, 1.807) is 12.1 Å². The minimum Gasteiger partial charge on any atom is -0.329 e. The molecule has 1 unspecified atom stereocenters. The summed E-state index contributed by atoms with van der Waals surface area (Å²) in [5, 5.41) is 0.266. The van der Waals surface area contributed by atoms with Crippen molar-refractivity contribution < 1.29 is 4.39 Å². The zero-order valence-corrected chi connectivity index (χ0v) is 7.77. The molecule has 0 radical (unpaired) electrons. The van der Waals surface area contributed by atoms with Gasteiger partial charge in [0, 0.05) is 16.7 Å². The lowest BCUT2D eigenvalue weighted by atomic mass is 10.3. The van der Waals surface area contributed by atoms with Crippen molar-refractivity contribution in [3.63, 3.8) is 0 Å². The monoisotopic (exact) mass is 185 g/mol. The lowest BCUT2D eigenvalue weighted by Crippen LogP contribution is -2.12. The standard InChI is InChI=1S/C9H12FNS/c1-7(6-11)12-9-5-3-2-4-8(9)10/h2-5,7H,6,11H2,1H3. The van der Waals surface area contributed by atoms with Crippen LogP contribution < -0.4 is 5.73 Å². The summed E-state index contributed by atoms with van der Waals surface area (Å²) >= 11 is 1.47. The third-order valence-electron chi connectivity index (χ3n) is 1.50. The van der Waals surface area contributed by atoms with Crippen LogP contribution in [0.3, 0.4) is 0 Å². The van der Waals surface area contributed by atoms with Crippen molar-refractivity contribution >= 4 is 11.8 Å². The summed E-state index contributed by atoms with van der Waals surface area (Å²) in [4.78, 5) is 0.676. The van der Waals surface area contributed by atoms with Crippen LogP contribution in [0.5, 0.6) is 0 Å². The Bertz CT molecular complexity index is 252. The van der Waals surface area contributed by atoms with E-state index in [0.29, 0.717) is 11.4 Å². The van der Waals surface area contributed by atoms with Crippen LogP contribution in [-0.2, 0) is 0 Å². The van der Waals surface area contributed by atoms with Crippen molar-refractivity contribution in [1.29, 1.82) is 0 Å². The van der Waals surface area contributed by atoms with Crippen LogP contribution >= 0.6 is 11.8 Å². The van der Waals surface area contributed by atoms with Gasteiger partial charge in [-0.05, 0) is 12.1 Å². The van der Waals surface area contributed by atoms with Crippen LogP contribution in [0.15, 0.2) is 29.2 Å². The molecule has 0 heterocycles. The molecule has 1 nitrogen and oxygen atoms in total. The molecule has 0 spiro atoms. The van der Waals surface area contributed by atoms with E-state index < -0.39 is 0 Å². The second-order valence-electron chi connectivity index (χ2n) is 2.59. The van der Waals surface area contributed by atoms with E-state index in [1.165, 1.54) is 17.8 Å². The Morgan fingerprint density at radius 1 is 1.50 bits per heavy atom. The number of hydrogen-bond acceptors (Lipinski definition) is 2. The van der Waals surface area contributed by atoms with Crippen LogP contribution in [0, 0.1) is 5.82 Å². The second kappa shape index (κ2) is 4.48. The highest BCUT2D eigenvalue weighted by molar-refractivity contribution is 8.00. The highest BCUT2D eigenvalue weighted by atomic mass is 32.2. The molecule has 0 aliphatic carbocycles. The molecular formula is C9H12FNS. The van der Waals surface area contributed by atoms with Gasteiger partial charge in [0.2, 0.25) is 0 Å². The first kappa shape index (κ1) is 9.55. The molecule has 3 heteroatoms. The lowest BCUT2D eigenvalue weighted by molar-refractivity contribution is 0.601. The summed E-state index contributed by atoms with van der Waals surface area (Å²) in [5.74, 6) is -0.164. The van der Waals surface area contributed by atoms with Gasteiger partial charge in [-0.1, -0.05) is 19.1 Å². The van der Waals surface area contributed by atoms with Gasteiger partial charge < -0.3 is 5.73 Å². The smallest absolute Gasteiger partial charge is 0.136 e. The zero-order chi connectivity index (χ0) is 8.97. The number of hydrogen-bond donors (Lipinski definition) is 1. The van der Waals surface area contributed by atoms with Crippen LogP contribution in [0.2, 0.25) is 0 Å². The first-order valence-corrected chi connectivity index (χ1v) is 4.73. The van der Waals surface area contributed by atoms with E-state index in [9.17, 15) is 4.39 Å². The fraction of sp³-hybridized carbons (Fsp3) is 0.333. The third-order valence-corrected chi connectivity index (χ3v) is 2.68. The lowest BCUT2D eigenvalue weighted by Gasteiger charge is -2.07. The quantitative estimate of drug-likeness (QED) is 0.731. The average Bonchev–Trinajstić information content (AvgIpc) is 2.09. The van der Waals surface area contributed by atoms with E-state index in [1.807, 2.05) is 13.0 Å². The van der Waals surface area contributed by atoms with Gasteiger partial charge in [-0.25, -0.2) is 4.39 Å². The molecular weight excluding hydrogens is 173 g/mol. The van der Waals surface area contributed by atoms with E-state index in [2.05, 4.69) is 0 Å². The molecule has 0 aliphatic rings. The normalized spacial score (nSPS) is 12.9. The summed E-state index contributed by atoms with van der Waals surface area (Å²) in [6, 6.07) is 6.75. The highest BCUT2D eigenvalue weighted by Crippen LogP contribution is 2.24. The van der Waals surface area contributed by atoms with Crippen LogP contribution in [0.25, 0.3) is 0 Å². The summed E-state index contributed by atoms with van der Waals surface area (Å²) in [6.07, 6.45) is 0. The SMILES string of the molecule is CC(CN)Sc1ccccc1F. The Hall–Kier alpha value is -0.540. The number of benzene rings is 1. The minimum atomic E-state index is -0.164. The van der Waals surface area contributed by atoms with Gasteiger partial charge in [0.05, 0.1) is 0 Å². The Morgan fingerprint density at radius 3 is 2.75 bits per heavy atom. The summed E-state index contributed by atoms with van der Waals surface area (Å²) < 4.78 is 13.0. The Morgan fingerprint density at radius 2 is 2.17 bits per heavy atom. The van der Waals surface area contributed by atoms with Crippen LogP contribution in [0.1, 0.15) is 6.92 Å². The molecule has 0 fully saturated rings. The maximum atomic E-state index is 13.0. The molecule has 1 aromatic rings. The minimum absolute atomic E-state index is 0.164. The van der Waals surface area contributed by atoms with Gasteiger partial charge in [-0.15, -0.1) is 11.8 Å². The van der Waals surface area contributed by atoms with Gasteiger partial charge in [0.25, 0.3) is 0 Å².